The molecule has 0 spiro atoms. The normalized spacial score (nSPS) is 10.1. The summed E-state index contributed by atoms with van der Waals surface area (Å²) in [5, 5.41) is 1.18. The van der Waals surface area contributed by atoms with Crippen LogP contribution in [-0.4, -0.2) is 5.33 Å². The molecule has 0 nitrogen and oxygen atoms in total. The van der Waals surface area contributed by atoms with Crippen LogP contribution in [0.5, 0.6) is 0 Å². The first kappa shape index (κ1) is 19.3. The molecule has 0 N–H and O–H groups in total. The Bertz CT molecular complexity index is 94.9. The molecule has 1 unspecified atom stereocenters. The number of halogens is 1. The van der Waals surface area contributed by atoms with Crippen molar-refractivity contribution >= 4 is 25.8 Å². The van der Waals surface area contributed by atoms with Crippen molar-refractivity contribution in [3.63, 3.8) is 0 Å². The van der Waals surface area contributed by atoms with Gasteiger partial charge in [0, 0.05) is 5.33 Å². The monoisotopic (exact) mass is 310 g/mol. The summed E-state index contributed by atoms with van der Waals surface area (Å²) in [7, 11) is 0. The van der Waals surface area contributed by atoms with Gasteiger partial charge in [0.1, 0.15) is 0 Å². The van der Waals surface area contributed by atoms with Gasteiger partial charge >= 0.3 is 0 Å². The van der Waals surface area contributed by atoms with Gasteiger partial charge in [0.2, 0.25) is 0 Å². The Labute approximate surface area is 115 Å². The Hall–Kier alpha value is 0.910. The highest BCUT2D eigenvalue weighted by molar-refractivity contribution is 9.09. The van der Waals surface area contributed by atoms with E-state index < -0.39 is 0 Å². The summed E-state index contributed by atoms with van der Waals surface area (Å²) in [6, 6.07) is 0. The Kier molecular flexibility index (Phi) is 22.0. The minimum atomic E-state index is 0. The third-order valence-corrected chi connectivity index (χ3v) is 3.55. The van der Waals surface area contributed by atoms with Crippen LogP contribution in [0.25, 0.3) is 0 Å². The van der Waals surface area contributed by atoms with E-state index in [9.17, 15) is 0 Å². The summed E-state index contributed by atoms with van der Waals surface area (Å²) >= 11 is 3.47. The van der Waals surface area contributed by atoms with E-state index in [1.807, 2.05) is 0 Å². The standard InChI is InChI=1S/C14H29Br.H3P/c1-2-3-4-5-6-7-8-9-10-11-12-13-14-15;/h2-14H2,1H3;1H3. The Morgan fingerprint density at radius 2 is 0.875 bits per heavy atom. The van der Waals surface area contributed by atoms with Gasteiger partial charge in [-0.05, 0) is 6.42 Å². The van der Waals surface area contributed by atoms with Crippen LogP contribution in [-0.2, 0) is 0 Å². The molecule has 0 aliphatic heterocycles. The van der Waals surface area contributed by atoms with Gasteiger partial charge in [0.15, 0.2) is 0 Å². The summed E-state index contributed by atoms with van der Waals surface area (Å²) in [6.45, 7) is 2.28. The Morgan fingerprint density at radius 1 is 0.562 bits per heavy atom. The zero-order chi connectivity index (χ0) is 11.2. The first-order valence-electron chi connectivity index (χ1n) is 6.97. The van der Waals surface area contributed by atoms with Crippen molar-refractivity contribution in [1.29, 1.82) is 0 Å². The average molecular weight is 311 g/mol. The van der Waals surface area contributed by atoms with Gasteiger partial charge in [-0.2, -0.15) is 9.90 Å². The molecule has 0 aliphatic carbocycles. The average Bonchev–Trinajstić information content (AvgIpc) is 2.26. The van der Waals surface area contributed by atoms with E-state index in [1.54, 1.807) is 0 Å². The highest BCUT2D eigenvalue weighted by Crippen LogP contribution is 2.11. The highest BCUT2D eigenvalue weighted by atomic mass is 79.9. The lowest BCUT2D eigenvalue weighted by Gasteiger charge is -2.01. The summed E-state index contributed by atoms with van der Waals surface area (Å²) < 4.78 is 0. The molecule has 0 heterocycles. The number of rotatable bonds is 12. The maximum absolute atomic E-state index is 3.47. The molecule has 0 aromatic rings. The number of alkyl halides is 1. The van der Waals surface area contributed by atoms with Crippen LogP contribution >= 0.6 is 25.8 Å². The van der Waals surface area contributed by atoms with Gasteiger partial charge in [0.25, 0.3) is 0 Å². The zero-order valence-electron chi connectivity index (χ0n) is 11.3. The fourth-order valence-electron chi connectivity index (χ4n) is 1.94. The maximum atomic E-state index is 3.47. The van der Waals surface area contributed by atoms with Gasteiger partial charge in [-0.3, -0.25) is 0 Å². The smallest absolute Gasteiger partial charge is 0.00313 e. The lowest BCUT2D eigenvalue weighted by Crippen LogP contribution is -1.82. The third kappa shape index (κ3) is 17.3. The molecule has 0 amide bonds. The van der Waals surface area contributed by atoms with Gasteiger partial charge in [-0.1, -0.05) is 93.5 Å². The summed E-state index contributed by atoms with van der Waals surface area (Å²) in [4.78, 5) is 0. The zero-order valence-corrected chi connectivity index (χ0v) is 14.3. The molecular weight excluding hydrogens is 279 g/mol. The van der Waals surface area contributed by atoms with Crippen molar-refractivity contribution in [2.45, 2.75) is 84.0 Å². The predicted octanol–water partition coefficient (Wildman–Crippen LogP) is 6.14. The van der Waals surface area contributed by atoms with E-state index in [0.717, 1.165) is 0 Å². The van der Waals surface area contributed by atoms with Crippen LogP contribution in [0.2, 0.25) is 0 Å². The van der Waals surface area contributed by atoms with Crippen molar-refractivity contribution in [3.8, 4) is 0 Å². The first-order valence-corrected chi connectivity index (χ1v) is 8.10. The van der Waals surface area contributed by atoms with Gasteiger partial charge in [-0.25, -0.2) is 0 Å². The predicted molar refractivity (Wildman–Crippen MR) is 86.0 cm³/mol. The summed E-state index contributed by atoms with van der Waals surface area (Å²) in [6.07, 6.45) is 17.3. The van der Waals surface area contributed by atoms with E-state index in [4.69, 9.17) is 0 Å². The topological polar surface area (TPSA) is 0 Å². The van der Waals surface area contributed by atoms with Crippen LogP contribution in [0.4, 0.5) is 0 Å². The molecule has 0 aromatic carbocycles. The van der Waals surface area contributed by atoms with E-state index in [0.29, 0.717) is 0 Å². The molecule has 0 saturated heterocycles. The fraction of sp³-hybridized carbons (Fsp3) is 1.00. The van der Waals surface area contributed by atoms with E-state index in [2.05, 4.69) is 22.9 Å². The number of hydrogen-bond acceptors (Lipinski definition) is 0. The molecule has 100 valence electrons. The number of hydrogen-bond donors (Lipinski definition) is 0. The Balaban J connectivity index is 0. The first-order chi connectivity index (χ1) is 7.41. The molecule has 0 saturated carbocycles. The second kappa shape index (κ2) is 18.3. The van der Waals surface area contributed by atoms with Crippen molar-refractivity contribution in [2.24, 2.45) is 0 Å². The van der Waals surface area contributed by atoms with Gasteiger partial charge in [-0.15, -0.1) is 0 Å². The lowest BCUT2D eigenvalue weighted by molar-refractivity contribution is 0.548. The maximum Gasteiger partial charge on any atom is 0.00313 e. The largest absolute Gasteiger partial charge is 0.153 e. The molecule has 0 rings (SSSR count). The summed E-state index contributed by atoms with van der Waals surface area (Å²) in [5.41, 5.74) is 0. The second-order valence-electron chi connectivity index (χ2n) is 4.58. The van der Waals surface area contributed by atoms with Gasteiger partial charge in [0.05, 0.1) is 0 Å². The van der Waals surface area contributed by atoms with Crippen LogP contribution in [0.1, 0.15) is 84.0 Å². The lowest BCUT2D eigenvalue weighted by atomic mass is 10.1. The molecular formula is C14H32BrP. The third-order valence-electron chi connectivity index (χ3n) is 2.99. The fourth-order valence-corrected chi connectivity index (χ4v) is 2.33. The molecule has 0 fully saturated rings. The SMILES string of the molecule is CCCCCCCCCCCCCCBr.P. The van der Waals surface area contributed by atoms with Crippen LogP contribution in [0, 0.1) is 0 Å². The minimum Gasteiger partial charge on any atom is -0.153 e. The molecule has 0 radical (unpaired) electrons. The van der Waals surface area contributed by atoms with Crippen molar-refractivity contribution in [2.75, 3.05) is 5.33 Å². The van der Waals surface area contributed by atoms with E-state index in [-0.39, 0.29) is 9.90 Å². The molecule has 2 heteroatoms. The molecule has 16 heavy (non-hydrogen) atoms. The van der Waals surface area contributed by atoms with Crippen molar-refractivity contribution in [1.82, 2.24) is 0 Å². The van der Waals surface area contributed by atoms with Crippen molar-refractivity contribution in [3.05, 3.63) is 0 Å². The molecule has 0 aliphatic rings. The highest BCUT2D eigenvalue weighted by Gasteiger charge is 1.92. The number of unbranched alkanes of at least 4 members (excludes halogenated alkanes) is 11. The Morgan fingerprint density at radius 3 is 1.19 bits per heavy atom. The van der Waals surface area contributed by atoms with Crippen molar-refractivity contribution < 1.29 is 0 Å². The molecule has 1 atom stereocenters. The van der Waals surface area contributed by atoms with Crippen LogP contribution in [0.3, 0.4) is 0 Å². The van der Waals surface area contributed by atoms with Crippen LogP contribution in [0.15, 0.2) is 0 Å². The molecule has 0 aromatic heterocycles. The quantitative estimate of drug-likeness (QED) is 0.231. The van der Waals surface area contributed by atoms with E-state index >= 15 is 0 Å². The van der Waals surface area contributed by atoms with Crippen LogP contribution < -0.4 is 0 Å². The van der Waals surface area contributed by atoms with E-state index in [1.165, 1.54) is 82.4 Å². The second-order valence-corrected chi connectivity index (χ2v) is 5.37. The van der Waals surface area contributed by atoms with Gasteiger partial charge < -0.3 is 0 Å². The minimum absolute atomic E-state index is 0. The summed E-state index contributed by atoms with van der Waals surface area (Å²) in [5.74, 6) is 0. The molecule has 0 bridgehead atoms.